The summed E-state index contributed by atoms with van der Waals surface area (Å²) in [6.07, 6.45) is 0. The lowest BCUT2D eigenvalue weighted by atomic mass is 10.0. The van der Waals surface area contributed by atoms with Crippen molar-refractivity contribution in [2.45, 2.75) is 4.90 Å². The number of nitrogens with zero attached hydrogens (tertiary/aromatic N) is 1. The van der Waals surface area contributed by atoms with Crippen molar-refractivity contribution >= 4 is 32.5 Å². The second-order valence-corrected chi connectivity index (χ2v) is 8.39. The summed E-state index contributed by atoms with van der Waals surface area (Å²) >= 11 is 0. The number of methoxy groups -OCH3 is 1. The molecule has 1 heterocycles. The molecular weight excluding hydrogens is 414 g/mol. The van der Waals surface area contributed by atoms with Gasteiger partial charge in [0.25, 0.3) is 5.91 Å². The van der Waals surface area contributed by atoms with Crippen LogP contribution in [0.15, 0.2) is 83.8 Å². The predicted octanol–water partition coefficient (Wildman–Crippen LogP) is 3.81. The monoisotopic (exact) mass is 433 g/mol. The van der Waals surface area contributed by atoms with Gasteiger partial charge in [0, 0.05) is 16.6 Å². The van der Waals surface area contributed by atoms with Gasteiger partial charge >= 0.3 is 0 Å². The number of ether oxygens (including phenoxy) is 1. The number of hydrogen-bond acceptors (Lipinski definition) is 5. The van der Waals surface area contributed by atoms with Gasteiger partial charge in [0.15, 0.2) is 0 Å². The van der Waals surface area contributed by atoms with E-state index in [4.69, 9.17) is 9.88 Å². The lowest BCUT2D eigenvalue weighted by Crippen LogP contribution is -2.14. The first-order chi connectivity index (χ1) is 14.8. The molecule has 4 aromatic rings. The minimum atomic E-state index is -3.80. The number of nitrogens with two attached hydrogens (primary N) is 1. The summed E-state index contributed by atoms with van der Waals surface area (Å²) in [6, 6.07) is 22.2. The van der Waals surface area contributed by atoms with Gasteiger partial charge < -0.3 is 10.1 Å². The van der Waals surface area contributed by atoms with Crippen molar-refractivity contribution in [2.24, 2.45) is 5.14 Å². The summed E-state index contributed by atoms with van der Waals surface area (Å²) in [4.78, 5) is 17.8. The number of rotatable bonds is 5. The van der Waals surface area contributed by atoms with Gasteiger partial charge in [-0.3, -0.25) is 4.79 Å². The first kappa shape index (κ1) is 20.5. The van der Waals surface area contributed by atoms with E-state index >= 15 is 0 Å². The van der Waals surface area contributed by atoms with Crippen molar-refractivity contribution in [1.82, 2.24) is 4.98 Å². The SMILES string of the molecule is COc1ccc(-c2cc(C(=O)Nc3ccc(S(N)(=O)=O)cc3)c3ccccc3n2)cc1. The number of pyridine rings is 1. The van der Waals surface area contributed by atoms with Crippen LogP contribution in [-0.2, 0) is 10.0 Å². The molecule has 3 N–H and O–H groups in total. The molecule has 1 aromatic heterocycles. The molecule has 156 valence electrons. The Morgan fingerprint density at radius 2 is 1.65 bits per heavy atom. The van der Waals surface area contributed by atoms with Gasteiger partial charge in [-0.15, -0.1) is 0 Å². The second kappa shape index (κ2) is 8.17. The van der Waals surface area contributed by atoms with Crippen LogP contribution in [-0.4, -0.2) is 26.4 Å². The highest BCUT2D eigenvalue weighted by Crippen LogP contribution is 2.27. The van der Waals surface area contributed by atoms with Crippen LogP contribution in [0.2, 0.25) is 0 Å². The molecule has 0 atom stereocenters. The molecule has 3 aromatic carbocycles. The molecule has 0 unspecified atom stereocenters. The van der Waals surface area contributed by atoms with Crippen LogP contribution in [0.5, 0.6) is 5.75 Å². The molecule has 0 radical (unpaired) electrons. The number of carbonyl (C=O) groups is 1. The van der Waals surface area contributed by atoms with Gasteiger partial charge in [0.05, 0.1) is 28.8 Å². The van der Waals surface area contributed by atoms with Gasteiger partial charge in [0.1, 0.15) is 5.75 Å². The highest BCUT2D eigenvalue weighted by molar-refractivity contribution is 7.89. The van der Waals surface area contributed by atoms with Crippen LogP contribution in [0.1, 0.15) is 10.4 Å². The van der Waals surface area contributed by atoms with Crippen LogP contribution in [0.4, 0.5) is 5.69 Å². The highest BCUT2D eigenvalue weighted by Gasteiger charge is 2.15. The van der Waals surface area contributed by atoms with Crippen molar-refractivity contribution in [1.29, 1.82) is 0 Å². The fourth-order valence-electron chi connectivity index (χ4n) is 3.20. The van der Waals surface area contributed by atoms with E-state index in [1.165, 1.54) is 24.3 Å². The number of carbonyl (C=O) groups excluding carboxylic acids is 1. The largest absolute Gasteiger partial charge is 0.497 e. The number of primary sulfonamides is 1. The minimum Gasteiger partial charge on any atom is -0.497 e. The molecule has 0 aliphatic carbocycles. The molecule has 0 spiro atoms. The molecule has 8 heteroatoms. The maximum Gasteiger partial charge on any atom is 0.256 e. The molecule has 0 aliphatic rings. The lowest BCUT2D eigenvalue weighted by molar-refractivity contribution is 0.102. The van der Waals surface area contributed by atoms with Gasteiger partial charge in [-0.1, -0.05) is 18.2 Å². The van der Waals surface area contributed by atoms with Gasteiger partial charge in [-0.25, -0.2) is 18.5 Å². The number of amides is 1. The number of para-hydroxylation sites is 1. The molecule has 0 saturated carbocycles. The van der Waals surface area contributed by atoms with Gasteiger partial charge in [-0.05, 0) is 60.7 Å². The number of benzene rings is 3. The Balaban J connectivity index is 1.72. The van der Waals surface area contributed by atoms with Crippen LogP contribution < -0.4 is 15.2 Å². The van der Waals surface area contributed by atoms with Gasteiger partial charge in [0.2, 0.25) is 10.0 Å². The van der Waals surface area contributed by atoms with Crippen molar-refractivity contribution < 1.29 is 17.9 Å². The smallest absolute Gasteiger partial charge is 0.256 e. The predicted molar refractivity (Wildman–Crippen MR) is 119 cm³/mol. The van der Waals surface area contributed by atoms with E-state index < -0.39 is 10.0 Å². The maximum atomic E-state index is 13.1. The topological polar surface area (TPSA) is 111 Å². The zero-order valence-corrected chi connectivity index (χ0v) is 17.4. The second-order valence-electron chi connectivity index (χ2n) is 6.82. The number of aromatic nitrogens is 1. The van der Waals surface area contributed by atoms with Crippen molar-refractivity contribution in [2.75, 3.05) is 12.4 Å². The number of hydrogen-bond donors (Lipinski definition) is 2. The average molecular weight is 433 g/mol. The highest BCUT2D eigenvalue weighted by atomic mass is 32.2. The normalized spacial score (nSPS) is 11.3. The fourth-order valence-corrected chi connectivity index (χ4v) is 3.71. The molecule has 4 rings (SSSR count). The third kappa shape index (κ3) is 4.40. The minimum absolute atomic E-state index is 0.0262. The Hall–Kier alpha value is -3.75. The van der Waals surface area contributed by atoms with E-state index in [-0.39, 0.29) is 10.8 Å². The molecule has 31 heavy (non-hydrogen) atoms. The quantitative estimate of drug-likeness (QED) is 0.497. The van der Waals surface area contributed by atoms with Crippen LogP contribution in [0, 0.1) is 0 Å². The van der Waals surface area contributed by atoms with E-state index in [0.717, 1.165) is 11.3 Å². The fraction of sp³-hybridized carbons (Fsp3) is 0.0435. The Morgan fingerprint density at radius 3 is 2.29 bits per heavy atom. The standard InChI is InChI=1S/C23H19N3O4S/c1-30-17-10-6-15(7-11-17)22-14-20(19-4-2-3-5-21(19)26-22)23(27)25-16-8-12-18(13-9-16)31(24,28)29/h2-14H,1H3,(H,25,27)(H2,24,28,29). The van der Waals surface area contributed by atoms with Crippen molar-refractivity contribution in [3.05, 3.63) is 84.4 Å². The van der Waals surface area contributed by atoms with E-state index in [1.54, 1.807) is 13.2 Å². The molecule has 0 bridgehead atoms. The van der Waals surface area contributed by atoms with E-state index in [2.05, 4.69) is 10.3 Å². The molecular formula is C23H19N3O4S. The Morgan fingerprint density at radius 1 is 0.968 bits per heavy atom. The van der Waals surface area contributed by atoms with Crippen LogP contribution in [0.25, 0.3) is 22.2 Å². The average Bonchev–Trinajstić information content (AvgIpc) is 2.78. The lowest BCUT2D eigenvalue weighted by Gasteiger charge is -2.11. The number of nitrogens with one attached hydrogen (secondary N) is 1. The summed E-state index contributed by atoms with van der Waals surface area (Å²) in [5, 5.41) is 8.63. The Labute approximate surface area is 179 Å². The molecule has 7 nitrogen and oxygen atoms in total. The van der Waals surface area contributed by atoms with E-state index in [1.807, 2.05) is 48.5 Å². The third-order valence-corrected chi connectivity index (χ3v) is 5.72. The van der Waals surface area contributed by atoms with Crippen LogP contribution in [0.3, 0.4) is 0 Å². The summed E-state index contributed by atoms with van der Waals surface area (Å²) in [7, 11) is -2.20. The summed E-state index contributed by atoms with van der Waals surface area (Å²) < 4.78 is 28.0. The molecule has 1 amide bonds. The Bertz CT molecular complexity index is 1370. The molecule has 0 saturated heterocycles. The zero-order valence-electron chi connectivity index (χ0n) is 16.6. The molecule has 0 fully saturated rings. The van der Waals surface area contributed by atoms with E-state index in [0.29, 0.717) is 27.8 Å². The zero-order chi connectivity index (χ0) is 22.0. The number of fused-ring (bicyclic) bond motifs is 1. The first-order valence-electron chi connectivity index (χ1n) is 9.33. The van der Waals surface area contributed by atoms with Crippen LogP contribution >= 0.6 is 0 Å². The third-order valence-electron chi connectivity index (χ3n) is 4.79. The van der Waals surface area contributed by atoms with Crippen molar-refractivity contribution in [3.63, 3.8) is 0 Å². The number of anilines is 1. The summed E-state index contributed by atoms with van der Waals surface area (Å²) in [5.41, 5.74) is 3.08. The van der Waals surface area contributed by atoms with Crippen molar-refractivity contribution in [3.8, 4) is 17.0 Å². The first-order valence-corrected chi connectivity index (χ1v) is 10.9. The Kier molecular flexibility index (Phi) is 5.41. The number of sulfonamides is 1. The van der Waals surface area contributed by atoms with E-state index in [9.17, 15) is 13.2 Å². The summed E-state index contributed by atoms with van der Waals surface area (Å²) in [5.74, 6) is 0.391. The van der Waals surface area contributed by atoms with Gasteiger partial charge in [-0.2, -0.15) is 0 Å². The molecule has 0 aliphatic heterocycles. The maximum absolute atomic E-state index is 13.1. The summed E-state index contributed by atoms with van der Waals surface area (Å²) in [6.45, 7) is 0.